The van der Waals surface area contributed by atoms with Gasteiger partial charge in [0.1, 0.15) is 0 Å². The van der Waals surface area contributed by atoms with E-state index in [1.807, 2.05) is 0 Å². The van der Waals surface area contributed by atoms with Crippen LogP contribution < -0.4 is 0 Å². The van der Waals surface area contributed by atoms with Crippen LogP contribution in [0.4, 0.5) is 0 Å². The largest absolute Gasteiger partial charge is 0.396 e. The van der Waals surface area contributed by atoms with Crippen molar-refractivity contribution in [3.05, 3.63) is 0 Å². The summed E-state index contributed by atoms with van der Waals surface area (Å²) < 4.78 is 0. The van der Waals surface area contributed by atoms with E-state index in [2.05, 4.69) is 11.9 Å². The molecule has 0 spiro atoms. The van der Waals surface area contributed by atoms with E-state index in [9.17, 15) is 10.2 Å². The summed E-state index contributed by atoms with van der Waals surface area (Å²) in [4.78, 5) is 2.37. The lowest BCUT2D eigenvalue weighted by molar-refractivity contribution is 0.00631. The zero-order valence-corrected chi connectivity index (χ0v) is 11.1. The van der Waals surface area contributed by atoms with Crippen LogP contribution in [0.2, 0.25) is 0 Å². The van der Waals surface area contributed by atoms with E-state index in [-0.39, 0.29) is 11.5 Å². The topological polar surface area (TPSA) is 43.7 Å². The number of nitrogens with zero attached hydrogens (tertiary/aromatic N) is 1. The van der Waals surface area contributed by atoms with Gasteiger partial charge in [0.2, 0.25) is 0 Å². The molecule has 0 saturated heterocycles. The number of aliphatic hydroxyl groups is 2. The molecule has 0 radical (unpaired) electrons. The highest BCUT2D eigenvalue weighted by Crippen LogP contribution is 2.37. The molecule has 0 aromatic heterocycles. The molecule has 2 fully saturated rings. The van der Waals surface area contributed by atoms with Gasteiger partial charge in [0.05, 0.1) is 6.10 Å². The molecule has 0 unspecified atom stereocenters. The minimum Gasteiger partial charge on any atom is -0.396 e. The summed E-state index contributed by atoms with van der Waals surface area (Å²) in [5, 5.41) is 19.0. The lowest BCUT2D eigenvalue weighted by atomic mass is 9.74. The van der Waals surface area contributed by atoms with Crippen LogP contribution in [0.5, 0.6) is 0 Å². The van der Waals surface area contributed by atoms with Crippen LogP contribution >= 0.6 is 0 Å². The number of hydrogen-bond donors (Lipinski definition) is 2. The highest BCUT2D eigenvalue weighted by molar-refractivity contribution is 4.87. The second kappa shape index (κ2) is 5.68. The summed E-state index contributed by atoms with van der Waals surface area (Å²) in [5.41, 5.74) is 0.162. The van der Waals surface area contributed by atoms with E-state index in [1.54, 1.807) is 0 Å². The van der Waals surface area contributed by atoms with Crippen LogP contribution in [0.3, 0.4) is 0 Å². The van der Waals surface area contributed by atoms with E-state index in [1.165, 1.54) is 32.1 Å². The SMILES string of the molecule is CN(CC1CC(O)C1)CC1(CO)CCCCC1. The van der Waals surface area contributed by atoms with Crippen molar-refractivity contribution >= 4 is 0 Å². The molecule has 2 rings (SSSR count). The Morgan fingerprint density at radius 2 is 1.82 bits per heavy atom. The van der Waals surface area contributed by atoms with Gasteiger partial charge >= 0.3 is 0 Å². The summed E-state index contributed by atoms with van der Waals surface area (Å²) >= 11 is 0. The Labute approximate surface area is 105 Å². The molecule has 3 nitrogen and oxygen atoms in total. The van der Waals surface area contributed by atoms with E-state index < -0.39 is 0 Å². The third kappa shape index (κ3) is 3.43. The lowest BCUT2D eigenvalue weighted by Gasteiger charge is -2.41. The first kappa shape index (κ1) is 13.3. The Bertz CT molecular complexity index is 232. The summed E-state index contributed by atoms with van der Waals surface area (Å²) in [6.45, 7) is 2.44. The number of hydrogen-bond acceptors (Lipinski definition) is 3. The average Bonchev–Trinajstić information content (AvgIpc) is 2.28. The van der Waals surface area contributed by atoms with Crippen LogP contribution in [-0.2, 0) is 0 Å². The predicted octanol–water partition coefficient (Wildman–Crippen LogP) is 1.63. The second-order valence-corrected chi connectivity index (χ2v) is 6.41. The Balaban J connectivity index is 1.77. The maximum atomic E-state index is 9.67. The van der Waals surface area contributed by atoms with Gasteiger partial charge in [-0.1, -0.05) is 19.3 Å². The third-order valence-corrected chi connectivity index (χ3v) is 4.64. The molecule has 0 aromatic rings. The average molecular weight is 241 g/mol. The quantitative estimate of drug-likeness (QED) is 0.769. The van der Waals surface area contributed by atoms with Crippen molar-refractivity contribution in [3.63, 3.8) is 0 Å². The van der Waals surface area contributed by atoms with Crippen LogP contribution in [0.25, 0.3) is 0 Å². The van der Waals surface area contributed by atoms with Crippen molar-refractivity contribution in [1.29, 1.82) is 0 Å². The number of rotatable bonds is 5. The minimum absolute atomic E-state index is 0.0464. The van der Waals surface area contributed by atoms with Gasteiger partial charge in [-0.15, -0.1) is 0 Å². The summed E-state index contributed by atoms with van der Waals surface area (Å²) in [7, 11) is 2.16. The second-order valence-electron chi connectivity index (χ2n) is 6.41. The van der Waals surface area contributed by atoms with Crippen LogP contribution in [0.15, 0.2) is 0 Å². The molecule has 2 N–H and O–H groups in total. The van der Waals surface area contributed by atoms with Crippen LogP contribution in [-0.4, -0.2) is 48.0 Å². The fourth-order valence-electron chi connectivity index (χ4n) is 3.60. The molecule has 0 amide bonds. The lowest BCUT2D eigenvalue weighted by Crippen LogP contribution is -2.44. The number of aliphatic hydroxyl groups excluding tert-OH is 2. The monoisotopic (exact) mass is 241 g/mol. The normalized spacial score (nSPS) is 32.5. The maximum absolute atomic E-state index is 9.67. The Morgan fingerprint density at radius 1 is 1.18 bits per heavy atom. The Morgan fingerprint density at radius 3 is 2.35 bits per heavy atom. The molecule has 0 aromatic carbocycles. The fourth-order valence-corrected chi connectivity index (χ4v) is 3.60. The van der Waals surface area contributed by atoms with Crippen molar-refractivity contribution < 1.29 is 10.2 Å². The predicted molar refractivity (Wildman–Crippen MR) is 68.8 cm³/mol. The molecular formula is C14H27NO2. The van der Waals surface area contributed by atoms with Gasteiger partial charge in [0.25, 0.3) is 0 Å². The zero-order valence-electron chi connectivity index (χ0n) is 11.1. The standard InChI is InChI=1S/C14H27NO2/c1-15(9-12-7-13(17)8-12)10-14(11-16)5-3-2-4-6-14/h12-13,16-17H,2-11H2,1H3. The maximum Gasteiger partial charge on any atom is 0.0546 e. The van der Waals surface area contributed by atoms with E-state index in [4.69, 9.17) is 0 Å². The molecule has 0 heterocycles. The highest BCUT2D eigenvalue weighted by Gasteiger charge is 2.34. The summed E-state index contributed by atoms with van der Waals surface area (Å²) in [6, 6.07) is 0. The van der Waals surface area contributed by atoms with Crippen LogP contribution in [0, 0.1) is 11.3 Å². The van der Waals surface area contributed by atoms with E-state index in [0.717, 1.165) is 25.9 Å². The van der Waals surface area contributed by atoms with Gasteiger partial charge in [-0.3, -0.25) is 0 Å². The molecule has 0 aliphatic heterocycles. The van der Waals surface area contributed by atoms with Crippen molar-refractivity contribution in [1.82, 2.24) is 4.90 Å². The van der Waals surface area contributed by atoms with Crippen molar-refractivity contribution in [2.75, 3.05) is 26.7 Å². The van der Waals surface area contributed by atoms with Crippen molar-refractivity contribution in [2.45, 2.75) is 51.0 Å². The molecule has 2 aliphatic rings. The van der Waals surface area contributed by atoms with Gasteiger partial charge in [-0.05, 0) is 38.6 Å². The molecule has 0 bridgehead atoms. The molecular weight excluding hydrogens is 214 g/mol. The Kier molecular flexibility index (Phi) is 4.45. The van der Waals surface area contributed by atoms with Crippen LogP contribution in [0.1, 0.15) is 44.9 Å². The molecule has 2 aliphatic carbocycles. The minimum atomic E-state index is -0.0464. The van der Waals surface area contributed by atoms with E-state index >= 15 is 0 Å². The Hall–Kier alpha value is -0.120. The van der Waals surface area contributed by atoms with Gasteiger partial charge in [0.15, 0.2) is 0 Å². The van der Waals surface area contributed by atoms with Crippen molar-refractivity contribution in [3.8, 4) is 0 Å². The first-order valence-electron chi connectivity index (χ1n) is 7.11. The molecule has 2 saturated carbocycles. The molecule has 100 valence electrons. The zero-order chi connectivity index (χ0) is 12.3. The first-order chi connectivity index (χ1) is 8.13. The summed E-state index contributed by atoms with van der Waals surface area (Å²) in [5.74, 6) is 0.675. The van der Waals surface area contributed by atoms with Gasteiger partial charge in [-0.2, -0.15) is 0 Å². The highest BCUT2D eigenvalue weighted by atomic mass is 16.3. The molecule has 0 atom stereocenters. The third-order valence-electron chi connectivity index (χ3n) is 4.64. The fraction of sp³-hybridized carbons (Fsp3) is 1.00. The van der Waals surface area contributed by atoms with Gasteiger partial charge in [-0.25, -0.2) is 0 Å². The van der Waals surface area contributed by atoms with Crippen molar-refractivity contribution in [2.24, 2.45) is 11.3 Å². The molecule has 17 heavy (non-hydrogen) atoms. The van der Waals surface area contributed by atoms with Gasteiger partial charge < -0.3 is 15.1 Å². The smallest absolute Gasteiger partial charge is 0.0546 e. The van der Waals surface area contributed by atoms with Gasteiger partial charge in [0, 0.05) is 25.1 Å². The summed E-state index contributed by atoms with van der Waals surface area (Å²) in [6.07, 6.45) is 8.14. The first-order valence-corrected chi connectivity index (χ1v) is 7.11. The molecule has 3 heteroatoms. The van der Waals surface area contributed by atoms with E-state index in [0.29, 0.717) is 12.5 Å².